The summed E-state index contributed by atoms with van der Waals surface area (Å²) in [6.45, 7) is 0.747. The third-order valence-corrected chi connectivity index (χ3v) is 6.15. The summed E-state index contributed by atoms with van der Waals surface area (Å²) >= 11 is 6.57. The van der Waals surface area contributed by atoms with E-state index in [0.29, 0.717) is 23.4 Å². The lowest BCUT2D eigenvalue weighted by Crippen LogP contribution is -2.24. The van der Waals surface area contributed by atoms with Gasteiger partial charge in [0.1, 0.15) is 12.4 Å². The molecule has 4 nitrogen and oxygen atoms in total. The Morgan fingerprint density at radius 2 is 1.83 bits per heavy atom. The predicted octanol–water partition coefficient (Wildman–Crippen LogP) is 6.18. The van der Waals surface area contributed by atoms with Crippen molar-refractivity contribution in [2.24, 2.45) is 5.92 Å². The fraction of sp³-hybridized carbons (Fsp3) is 0.400. The highest BCUT2D eigenvalue weighted by Crippen LogP contribution is 2.37. The lowest BCUT2D eigenvalue weighted by atomic mass is 9.84. The van der Waals surface area contributed by atoms with Crippen LogP contribution in [0.15, 0.2) is 54.7 Å². The molecule has 0 bridgehead atoms. The molecule has 1 heterocycles. The summed E-state index contributed by atoms with van der Waals surface area (Å²) in [5.41, 5.74) is 1.09. The number of aromatic nitrogens is 1. The Hall–Kier alpha value is -2.30. The van der Waals surface area contributed by atoms with Crippen LogP contribution in [0.3, 0.4) is 0 Å². The van der Waals surface area contributed by atoms with Crippen molar-refractivity contribution < 1.29 is 14.6 Å². The van der Waals surface area contributed by atoms with Crippen molar-refractivity contribution >= 4 is 22.4 Å². The molecule has 1 saturated carbocycles. The quantitative estimate of drug-likeness (QED) is 0.468. The summed E-state index contributed by atoms with van der Waals surface area (Å²) in [6.07, 6.45) is 8.33. The molecule has 0 saturated heterocycles. The first-order chi connectivity index (χ1) is 14.7. The van der Waals surface area contributed by atoms with E-state index in [1.54, 1.807) is 6.20 Å². The van der Waals surface area contributed by atoms with E-state index in [1.807, 2.05) is 48.5 Å². The first kappa shape index (κ1) is 21.0. The van der Waals surface area contributed by atoms with E-state index < -0.39 is 0 Å². The molecule has 1 aliphatic rings. The van der Waals surface area contributed by atoms with E-state index in [1.165, 1.54) is 0 Å². The molecular formula is C25H28ClNO3. The van der Waals surface area contributed by atoms with Crippen molar-refractivity contribution in [2.75, 3.05) is 6.61 Å². The summed E-state index contributed by atoms with van der Waals surface area (Å²) in [6, 6.07) is 15.9. The highest BCUT2D eigenvalue weighted by molar-refractivity contribution is 6.33. The van der Waals surface area contributed by atoms with Gasteiger partial charge >= 0.3 is 0 Å². The monoisotopic (exact) mass is 425 g/mol. The van der Waals surface area contributed by atoms with Gasteiger partial charge in [0.05, 0.1) is 11.1 Å². The fourth-order valence-corrected chi connectivity index (χ4v) is 4.38. The van der Waals surface area contributed by atoms with E-state index >= 15 is 0 Å². The molecule has 158 valence electrons. The molecule has 0 spiro atoms. The minimum Gasteiger partial charge on any atom is -0.489 e. The molecule has 30 heavy (non-hydrogen) atoms. The van der Waals surface area contributed by atoms with Crippen LogP contribution in [-0.2, 0) is 6.61 Å². The van der Waals surface area contributed by atoms with Gasteiger partial charge in [0, 0.05) is 18.2 Å². The SMILES string of the molecule is OCCCC1CCC(Oc2cc3ccnc(OCc4ccccc4)c3cc2Cl)CC1. The van der Waals surface area contributed by atoms with Gasteiger partial charge in [-0.25, -0.2) is 4.98 Å². The lowest BCUT2D eigenvalue weighted by molar-refractivity contribution is 0.125. The summed E-state index contributed by atoms with van der Waals surface area (Å²) in [4.78, 5) is 4.40. The highest BCUT2D eigenvalue weighted by Gasteiger charge is 2.23. The van der Waals surface area contributed by atoms with Gasteiger partial charge in [-0.05, 0) is 73.6 Å². The van der Waals surface area contributed by atoms with Crippen molar-refractivity contribution in [3.05, 3.63) is 65.3 Å². The van der Waals surface area contributed by atoms with Crippen LogP contribution < -0.4 is 9.47 Å². The van der Waals surface area contributed by atoms with Gasteiger partial charge in [0.15, 0.2) is 0 Å². The third kappa shape index (κ3) is 5.24. The van der Waals surface area contributed by atoms with Gasteiger partial charge in [0.2, 0.25) is 5.88 Å². The van der Waals surface area contributed by atoms with Crippen LogP contribution in [-0.4, -0.2) is 22.8 Å². The first-order valence-corrected chi connectivity index (χ1v) is 11.1. The second-order valence-electron chi connectivity index (χ2n) is 8.02. The number of aliphatic hydroxyl groups is 1. The number of fused-ring (bicyclic) bond motifs is 1. The molecule has 2 aromatic carbocycles. The second-order valence-corrected chi connectivity index (χ2v) is 8.43. The highest BCUT2D eigenvalue weighted by atomic mass is 35.5. The maximum absolute atomic E-state index is 9.02. The van der Waals surface area contributed by atoms with Crippen molar-refractivity contribution in [1.82, 2.24) is 4.98 Å². The Morgan fingerprint density at radius 3 is 2.60 bits per heavy atom. The zero-order chi connectivity index (χ0) is 20.8. The van der Waals surface area contributed by atoms with E-state index in [4.69, 9.17) is 26.2 Å². The maximum Gasteiger partial charge on any atom is 0.221 e. The molecule has 3 aromatic rings. The Morgan fingerprint density at radius 1 is 1.03 bits per heavy atom. The van der Waals surface area contributed by atoms with E-state index in [2.05, 4.69) is 4.98 Å². The van der Waals surface area contributed by atoms with E-state index in [-0.39, 0.29) is 12.7 Å². The number of benzene rings is 2. The number of hydrogen-bond acceptors (Lipinski definition) is 4. The summed E-state index contributed by atoms with van der Waals surface area (Å²) < 4.78 is 12.2. The number of hydrogen-bond donors (Lipinski definition) is 1. The van der Waals surface area contributed by atoms with Crippen LogP contribution in [0.25, 0.3) is 10.8 Å². The molecule has 0 unspecified atom stereocenters. The second kappa shape index (κ2) is 10.1. The molecule has 0 radical (unpaired) electrons. The van der Waals surface area contributed by atoms with Gasteiger partial charge in [-0.1, -0.05) is 41.9 Å². The minimum atomic E-state index is 0.195. The third-order valence-electron chi connectivity index (χ3n) is 5.86. The molecule has 0 aliphatic heterocycles. The largest absolute Gasteiger partial charge is 0.489 e. The van der Waals surface area contributed by atoms with Gasteiger partial charge < -0.3 is 14.6 Å². The van der Waals surface area contributed by atoms with Gasteiger partial charge in [-0.3, -0.25) is 0 Å². The summed E-state index contributed by atoms with van der Waals surface area (Å²) in [5, 5.41) is 11.5. The molecule has 0 atom stereocenters. The fourth-order valence-electron chi connectivity index (χ4n) is 4.18. The molecule has 0 amide bonds. The zero-order valence-corrected chi connectivity index (χ0v) is 17.9. The summed E-state index contributed by atoms with van der Waals surface area (Å²) in [5.74, 6) is 2.01. The van der Waals surface area contributed by atoms with Crippen LogP contribution in [0.5, 0.6) is 11.6 Å². The molecular weight excluding hydrogens is 398 g/mol. The maximum atomic E-state index is 9.02. The van der Waals surface area contributed by atoms with Crippen LogP contribution in [0, 0.1) is 5.92 Å². The number of nitrogens with zero attached hydrogens (tertiary/aromatic N) is 1. The smallest absolute Gasteiger partial charge is 0.221 e. The van der Waals surface area contributed by atoms with Crippen molar-refractivity contribution in [1.29, 1.82) is 0 Å². The van der Waals surface area contributed by atoms with Crippen molar-refractivity contribution in [3.63, 3.8) is 0 Å². The standard InChI is InChI=1S/C25H28ClNO3/c26-23-16-22-20(12-13-27-25(22)29-17-19-5-2-1-3-6-19)15-24(23)30-21-10-8-18(9-11-21)7-4-14-28/h1-3,5-6,12-13,15-16,18,21,28H,4,7-11,14,17H2. The average molecular weight is 426 g/mol. The Kier molecular flexibility index (Phi) is 7.08. The van der Waals surface area contributed by atoms with Gasteiger partial charge in [0.25, 0.3) is 0 Å². The number of halogens is 1. The number of aliphatic hydroxyl groups excluding tert-OH is 1. The molecule has 4 rings (SSSR count). The van der Waals surface area contributed by atoms with Crippen LogP contribution in [0.4, 0.5) is 0 Å². The molecule has 1 fully saturated rings. The molecule has 1 N–H and O–H groups in total. The molecule has 1 aliphatic carbocycles. The topological polar surface area (TPSA) is 51.6 Å². The normalized spacial score (nSPS) is 19.0. The van der Waals surface area contributed by atoms with E-state index in [9.17, 15) is 0 Å². The Balaban J connectivity index is 1.44. The van der Waals surface area contributed by atoms with Crippen molar-refractivity contribution in [3.8, 4) is 11.6 Å². The van der Waals surface area contributed by atoms with Crippen molar-refractivity contribution in [2.45, 2.75) is 51.2 Å². The van der Waals surface area contributed by atoms with Gasteiger partial charge in [-0.15, -0.1) is 0 Å². The predicted molar refractivity (Wildman–Crippen MR) is 120 cm³/mol. The average Bonchev–Trinajstić information content (AvgIpc) is 2.78. The summed E-state index contributed by atoms with van der Waals surface area (Å²) in [7, 11) is 0. The van der Waals surface area contributed by atoms with E-state index in [0.717, 1.165) is 60.6 Å². The molecule has 1 aromatic heterocycles. The number of pyridine rings is 1. The Bertz CT molecular complexity index is 955. The van der Waals surface area contributed by atoms with Gasteiger partial charge in [-0.2, -0.15) is 0 Å². The zero-order valence-electron chi connectivity index (χ0n) is 17.1. The van der Waals surface area contributed by atoms with Crippen LogP contribution in [0.1, 0.15) is 44.1 Å². The number of ether oxygens (including phenoxy) is 2. The van der Waals surface area contributed by atoms with Crippen LogP contribution >= 0.6 is 11.6 Å². The minimum absolute atomic E-state index is 0.195. The number of rotatable bonds is 8. The lowest BCUT2D eigenvalue weighted by Gasteiger charge is -2.29. The first-order valence-electron chi connectivity index (χ1n) is 10.8. The molecule has 5 heteroatoms. The van der Waals surface area contributed by atoms with Crippen LogP contribution in [0.2, 0.25) is 5.02 Å². The Labute approximate surface area is 182 Å².